The van der Waals surface area contributed by atoms with Gasteiger partial charge in [0.15, 0.2) is 14.1 Å². The second-order valence-corrected chi connectivity index (χ2v) is 14.6. The van der Waals surface area contributed by atoms with Crippen LogP contribution in [0.5, 0.6) is 0 Å². The molecule has 3 nitrogen and oxygen atoms in total. The third-order valence-corrected chi connectivity index (χ3v) is 12.1. The fraction of sp³-hybridized carbons (Fsp3) is 1.00. The van der Waals surface area contributed by atoms with Crippen LogP contribution in [0.3, 0.4) is 0 Å². The molecule has 0 aromatic rings. The van der Waals surface area contributed by atoms with Crippen LogP contribution >= 0.6 is 0 Å². The van der Waals surface area contributed by atoms with Crippen LogP contribution in [0.15, 0.2) is 0 Å². The lowest BCUT2D eigenvalue weighted by atomic mass is 9.62. The van der Waals surface area contributed by atoms with Gasteiger partial charge in [-0.3, -0.25) is 0 Å². The number of hydrogen-bond donors (Lipinski definition) is 0. The Morgan fingerprint density at radius 1 is 1.04 bits per heavy atom. The summed E-state index contributed by atoms with van der Waals surface area (Å²) in [4.78, 5) is 0. The zero-order valence-electron chi connectivity index (χ0n) is 16.2. The maximum absolute atomic E-state index is 6.89. The second-order valence-electron chi connectivity index (χ2n) is 9.85. The molecule has 1 aliphatic heterocycles. The largest absolute Gasteiger partial charge is 0.413 e. The van der Waals surface area contributed by atoms with Crippen molar-refractivity contribution >= 4 is 8.32 Å². The lowest BCUT2D eigenvalue weighted by Gasteiger charge is -2.52. The summed E-state index contributed by atoms with van der Waals surface area (Å²) in [6, 6.07) is 0. The fourth-order valence-corrected chi connectivity index (χ4v) is 6.43. The summed E-state index contributed by atoms with van der Waals surface area (Å²) in [6.07, 6.45) is 5.06. The number of rotatable bonds is 2. The number of ether oxygens (including phenoxy) is 2. The predicted octanol–water partition coefficient (Wildman–Crippen LogP) is 4.97. The Morgan fingerprint density at radius 2 is 1.65 bits per heavy atom. The third kappa shape index (κ3) is 2.74. The zero-order chi connectivity index (χ0) is 17.1. The van der Waals surface area contributed by atoms with Gasteiger partial charge in [-0.15, -0.1) is 0 Å². The maximum atomic E-state index is 6.89. The van der Waals surface area contributed by atoms with Crippen LogP contribution in [0.2, 0.25) is 18.1 Å². The van der Waals surface area contributed by atoms with Crippen LogP contribution in [-0.4, -0.2) is 33.4 Å². The minimum atomic E-state index is -1.72. The molecule has 1 spiro atoms. The van der Waals surface area contributed by atoms with E-state index >= 15 is 0 Å². The van der Waals surface area contributed by atoms with E-state index in [0.717, 1.165) is 19.6 Å². The van der Waals surface area contributed by atoms with E-state index in [1.165, 1.54) is 19.3 Å². The molecular weight excluding hydrogens is 304 g/mol. The van der Waals surface area contributed by atoms with Gasteiger partial charge in [-0.05, 0) is 48.7 Å². The molecule has 0 amide bonds. The van der Waals surface area contributed by atoms with Gasteiger partial charge in [0.2, 0.25) is 0 Å². The summed E-state index contributed by atoms with van der Waals surface area (Å²) in [5, 5.41) is 0.278. The molecule has 4 atom stereocenters. The normalized spacial score (nSPS) is 40.6. The summed E-state index contributed by atoms with van der Waals surface area (Å²) < 4.78 is 19.1. The lowest BCUT2D eigenvalue weighted by molar-refractivity contribution is -0.242. The SMILES string of the molecule is C[C@H]1[C@@H]2CCC(O[Si](C)(C)C(C)(C)C)[C@@]2(C)CCC12OCCO2. The van der Waals surface area contributed by atoms with Crippen molar-refractivity contribution in [3.8, 4) is 0 Å². The van der Waals surface area contributed by atoms with Gasteiger partial charge in [-0.2, -0.15) is 0 Å². The van der Waals surface area contributed by atoms with Crippen LogP contribution < -0.4 is 0 Å². The van der Waals surface area contributed by atoms with Crippen molar-refractivity contribution in [1.82, 2.24) is 0 Å². The predicted molar refractivity (Wildman–Crippen MR) is 95.9 cm³/mol. The highest BCUT2D eigenvalue weighted by Crippen LogP contribution is 2.60. The first-order valence-electron chi connectivity index (χ1n) is 9.48. The summed E-state index contributed by atoms with van der Waals surface area (Å²) in [7, 11) is -1.72. The van der Waals surface area contributed by atoms with Crippen molar-refractivity contribution in [3.63, 3.8) is 0 Å². The first kappa shape index (κ1) is 17.9. The molecule has 1 heterocycles. The third-order valence-electron chi connectivity index (χ3n) is 7.65. The minimum absolute atomic E-state index is 0.278. The van der Waals surface area contributed by atoms with E-state index in [0.29, 0.717) is 17.9 Å². The van der Waals surface area contributed by atoms with Crippen LogP contribution in [0, 0.1) is 17.3 Å². The van der Waals surface area contributed by atoms with E-state index in [9.17, 15) is 0 Å². The summed E-state index contributed by atoms with van der Waals surface area (Å²) in [6.45, 7) is 18.1. The van der Waals surface area contributed by atoms with Crippen molar-refractivity contribution in [1.29, 1.82) is 0 Å². The Hall–Kier alpha value is 0.0969. The number of hydrogen-bond acceptors (Lipinski definition) is 3. The van der Waals surface area contributed by atoms with Gasteiger partial charge in [0.25, 0.3) is 0 Å². The van der Waals surface area contributed by atoms with Crippen LogP contribution in [0.4, 0.5) is 0 Å². The van der Waals surface area contributed by atoms with E-state index in [2.05, 4.69) is 47.7 Å². The molecule has 0 bridgehead atoms. The van der Waals surface area contributed by atoms with Crippen LogP contribution in [0.1, 0.15) is 60.3 Å². The van der Waals surface area contributed by atoms with Gasteiger partial charge in [-0.25, -0.2) is 0 Å². The molecule has 4 heteroatoms. The molecular formula is C19H36O3Si. The molecule has 3 rings (SSSR count). The average molecular weight is 341 g/mol. The smallest absolute Gasteiger partial charge is 0.192 e. The van der Waals surface area contributed by atoms with Gasteiger partial charge in [0, 0.05) is 12.3 Å². The van der Waals surface area contributed by atoms with Crippen LogP contribution in [0.25, 0.3) is 0 Å². The molecule has 0 aromatic heterocycles. The molecule has 134 valence electrons. The van der Waals surface area contributed by atoms with Crippen molar-refractivity contribution in [3.05, 3.63) is 0 Å². The summed E-state index contributed by atoms with van der Waals surface area (Å²) >= 11 is 0. The Kier molecular flexibility index (Phi) is 4.32. The van der Waals surface area contributed by atoms with Crippen molar-refractivity contribution < 1.29 is 13.9 Å². The molecule has 1 saturated heterocycles. The standard InChI is InChI=1S/C19H36O3Si/c1-14-15-8-9-16(22-23(6,7)17(2,3)4)18(15,5)10-11-19(14)20-12-13-21-19/h14-16H,8-13H2,1-7H3/t14-,15-,16?,18-/m0/s1. The Labute approximate surface area is 143 Å². The fourth-order valence-electron chi connectivity index (χ4n) is 4.98. The summed E-state index contributed by atoms with van der Waals surface area (Å²) in [5.74, 6) is 0.830. The quantitative estimate of drug-likeness (QED) is 0.665. The Bertz CT molecular complexity index is 450. The average Bonchev–Trinajstić information content (AvgIpc) is 3.01. The molecule has 2 aliphatic carbocycles. The van der Waals surface area contributed by atoms with Crippen LogP contribution in [-0.2, 0) is 13.9 Å². The highest BCUT2D eigenvalue weighted by Gasteiger charge is 2.61. The molecule has 3 fully saturated rings. The monoisotopic (exact) mass is 340 g/mol. The van der Waals surface area contributed by atoms with Gasteiger partial charge >= 0.3 is 0 Å². The molecule has 0 radical (unpaired) electrons. The summed E-state index contributed by atoms with van der Waals surface area (Å²) in [5.41, 5.74) is 0.287. The molecule has 0 aromatic carbocycles. The van der Waals surface area contributed by atoms with Gasteiger partial charge in [0.05, 0.1) is 19.3 Å². The number of fused-ring (bicyclic) bond motifs is 1. The van der Waals surface area contributed by atoms with Crippen molar-refractivity contribution in [2.45, 2.75) is 90.3 Å². The topological polar surface area (TPSA) is 27.7 Å². The Balaban J connectivity index is 1.78. The minimum Gasteiger partial charge on any atom is -0.413 e. The van der Waals surface area contributed by atoms with E-state index < -0.39 is 8.32 Å². The highest BCUT2D eigenvalue weighted by atomic mass is 28.4. The van der Waals surface area contributed by atoms with Gasteiger partial charge in [0.1, 0.15) is 0 Å². The molecule has 3 aliphatic rings. The van der Waals surface area contributed by atoms with E-state index in [1.54, 1.807) is 0 Å². The lowest BCUT2D eigenvalue weighted by Crippen LogP contribution is -2.54. The van der Waals surface area contributed by atoms with Gasteiger partial charge in [-0.1, -0.05) is 34.6 Å². The van der Waals surface area contributed by atoms with Crippen molar-refractivity contribution in [2.75, 3.05) is 13.2 Å². The first-order valence-corrected chi connectivity index (χ1v) is 12.4. The van der Waals surface area contributed by atoms with Gasteiger partial charge < -0.3 is 13.9 Å². The van der Waals surface area contributed by atoms with E-state index in [-0.39, 0.29) is 16.2 Å². The maximum Gasteiger partial charge on any atom is 0.192 e. The van der Waals surface area contributed by atoms with E-state index in [1.807, 2.05) is 0 Å². The van der Waals surface area contributed by atoms with E-state index in [4.69, 9.17) is 13.9 Å². The van der Waals surface area contributed by atoms with Crippen molar-refractivity contribution in [2.24, 2.45) is 17.3 Å². The molecule has 23 heavy (non-hydrogen) atoms. The zero-order valence-corrected chi connectivity index (χ0v) is 17.2. The first-order chi connectivity index (χ1) is 10.5. The highest BCUT2D eigenvalue weighted by molar-refractivity contribution is 6.74. The Morgan fingerprint density at radius 3 is 2.22 bits per heavy atom. The molecule has 2 saturated carbocycles. The molecule has 0 N–H and O–H groups in total. The second kappa shape index (κ2) is 5.55. The molecule has 1 unspecified atom stereocenters.